The molecule has 2 aliphatic rings. The maximum Gasteiger partial charge on any atom is 0.165 e. The average Bonchev–Trinajstić information content (AvgIpc) is 3.60. The third-order valence-electron chi connectivity index (χ3n) is 11.8. The van der Waals surface area contributed by atoms with Crippen molar-refractivity contribution < 1.29 is 0 Å². The highest BCUT2D eigenvalue weighted by molar-refractivity contribution is 7.04. The van der Waals surface area contributed by atoms with E-state index >= 15 is 0 Å². The predicted molar refractivity (Wildman–Crippen MR) is 231 cm³/mol. The quantitative estimate of drug-likeness (QED) is 0.166. The minimum Gasteiger partial charge on any atom is -0.208 e. The van der Waals surface area contributed by atoms with E-state index in [1.54, 1.807) is 0 Å². The number of benzene rings is 7. The number of rotatable bonds is 5. The molecule has 3 heterocycles. The second kappa shape index (κ2) is 12.3. The molecule has 2 aliphatic heterocycles. The summed E-state index contributed by atoms with van der Waals surface area (Å²) in [5.74, 6) is 2.08. The average molecular weight is 726 g/mol. The van der Waals surface area contributed by atoms with Crippen LogP contribution < -0.4 is 20.7 Å². The third kappa shape index (κ3) is 4.89. The van der Waals surface area contributed by atoms with Crippen LogP contribution in [0.2, 0.25) is 26.2 Å². The van der Waals surface area contributed by atoms with Crippen LogP contribution in [0.5, 0.6) is 0 Å². The summed E-state index contributed by atoms with van der Waals surface area (Å²) in [4.78, 5) is 16.6. The third-order valence-corrected chi connectivity index (χ3v) is 18.9. The Bertz CT molecular complexity index is 2590. The van der Waals surface area contributed by atoms with Crippen molar-refractivity contribution in [2.45, 2.75) is 26.2 Å². The standard InChI is InChI=1S/C49H39N3Si2/c1-53(2)39-26-16-14-24-37(39)43-41(53)30-28-35(32-18-8-5-9-19-32)45(43)48-50-47(34-22-12-7-13-23-34)51-49(52-48)46-36(33-20-10-6-11-21-33)29-31-42-44(46)38-25-15-17-27-40(38)54(42,3)4/h5-31H,1-4H3. The van der Waals surface area contributed by atoms with E-state index in [1.165, 1.54) is 43.0 Å². The topological polar surface area (TPSA) is 38.7 Å². The number of fused-ring (bicyclic) bond motifs is 6. The van der Waals surface area contributed by atoms with E-state index in [1.807, 2.05) is 0 Å². The maximum atomic E-state index is 5.68. The molecule has 258 valence electrons. The van der Waals surface area contributed by atoms with Crippen molar-refractivity contribution in [1.82, 2.24) is 15.0 Å². The number of nitrogens with zero attached hydrogens (tertiary/aromatic N) is 3. The molecule has 0 atom stereocenters. The van der Waals surface area contributed by atoms with Gasteiger partial charge in [-0.2, -0.15) is 0 Å². The van der Waals surface area contributed by atoms with Crippen molar-refractivity contribution in [3.8, 4) is 78.7 Å². The molecule has 0 aliphatic carbocycles. The predicted octanol–water partition coefficient (Wildman–Crippen LogP) is 9.81. The maximum absolute atomic E-state index is 5.68. The monoisotopic (exact) mass is 725 g/mol. The van der Waals surface area contributed by atoms with Gasteiger partial charge in [0.15, 0.2) is 17.5 Å². The molecule has 8 aromatic rings. The fourth-order valence-electron chi connectivity index (χ4n) is 9.09. The van der Waals surface area contributed by atoms with E-state index in [0.29, 0.717) is 17.5 Å². The van der Waals surface area contributed by atoms with E-state index in [-0.39, 0.29) is 0 Å². The van der Waals surface area contributed by atoms with Gasteiger partial charge in [-0.25, -0.2) is 15.0 Å². The number of hydrogen-bond acceptors (Lipinski definition) is 3. The molecule has 5 heteroatoms. The molecule has 0 spiro atoms. The van der Waals surface area contributed by atoms with Crippen molar-refractivity contribution in [2.24, 2.45) is 0 Å². The van der Waals surface area contributed by atoms with Crippen LogP contribution in [0, 0.1) is 0 Å². The molecule has 0 saturated heterocycles. The zero-order chi connectivity index (χ0) is 36.6. The number of aromatic nitrogens is 3. The minimum atomic E-state index is -2.01. The van der Waals surface area contributed by atoms with E-state index in [2.05, 4.69) is 190 Å². The van der Waals surface area contributed by atoms with Crippen LogP contribution in [0.3, 0.4) is 0 Å². The molecule has 10 rings (SSSR count). The van der Waals surface area contributed by atoms with Gasteiger partial charge in [-0.3, -0.25) is 0 Å². The summed E-state index contributed by atoms with van der Waals surface area (Å²) < 4.78 is 0. The zero-order valence-electron chi connectivity index (χ0n) is 30.9. The SMILES string of the molecule is C[Si]1(C)c2ccccc2-c2c1ccc(-c1ccccc1)c2-c1nc(-c2ccccc2)nc(-c2c(-c3ccccc3)ccc3c2-c2ccccc2[Si]3(C)C)n1. The van der Waals surface area contributed by atoms with Crippen LogP contribution in [-0.2, 0) is 0 Å². The lowest BCUT2D eigenvalue weighted by Gasteiger charge is -2.22. The molecule has 0 saturated carbocycles. The smallest absolute Gasteiger partial charge is 0.165 e. The largest absolute Gasteiger partial charge is 0.208 e. The first-order valence-electron chi connectivity index (χ1n) is 18.8. The van der Waals surface area contributed by atoms with Crippen LogP contribution >= 0.6 is 0 Å². The molecule has 0 bridgehead atoms. The fraction of sp³-hybridized carbons (Fsp3) is 0.0816. The summed E-state index contributed by atoms with van der Waals surface area (Å²) in [7, 11) is -4.03. The molecule has 3 nitrogen and oxygen atoms in total. The normalized spacial score (nSPS) is 14.2. The Kier molecular flexibility index (Phi) is 7.41. The molecule has 54 heavy (non-hydrogen) atoms. The van der Waals surface area contributed by atoms with E-state index in [0.717, 1.165) is 38.9 Å². The molecule has 0 unspecified atom stereocenters. The highest BCUT2D eigenvalue weighted by Gasteiger charge is 2.42. The zero-order valence-corrected chi connectivity index (χ0v) is 32.9. The van der Waals surface area contributed by atoms with Crippen LogP contribution in [0.15, 0.2) is 164 Å². The Balaban J connectivity index is 1.36. The molecule has 1 aromatic heterocycles. The summed E-state index contributed by atoms with van der Waals surface area (Å²) in [5.41, 5.74) is 12.8. The van der Waals surface area contributed by atoms with Crippen LogP contribution in [0.4, 0.5) is 0 Å². The van der Waals surface area contributed by atoms with Crippen molar-refractivity contribution in [1.29, 1.82) is 0 Å². The van der Waals surface area contributed by atoms with Gasteiger partial charge >= 0.3 is 0 Å². The highest BCUT2D eigenvalue weighted by atomic mass is 28.3. The molecular formula is C49H39N3Si2. The van der Waals surface area contributed by atoms with E-state index in [9.17, 15) is 0 Å². The van der Waals surface area contributed by atoms with Crippen LogP contribution in [0.25, 0.3) is 78.7 Å². The molecule has 0 fully saturated rings. The Morgan fingerprint density at radius 2 is 0.630 bits per heavy atom. The first-order valence-corrected chi connectivity index (χ1v) is 24.8. The minimum absolute atomic E-state index is 0.675. The molecule has 0 amide bonds. The molecule has 0 radical (unpaired) electrons. The Labute approximate surface area is 319 Å². The van der Waals surface area contributed by atoms with Crippen molar-refractivity contribution >= 4 is 36.9 Å². The van der Waals surface area contributed by atoms with Gasteiger partial charge in [0.25, 0.3) is 0 Å². The van der Waals surface area contributed by atoms with Gasteiger partial charge < -0.3 is 0 Å². The lowest BCUT2D eigenvalue weighted by molar-refractivity contribution is 1.08. The summed E-state index contributed by atoms with van der Waals surface area (Å²) in [6, 6.07) is 59.3. The van der Waals surface area contributed by atoms with Gasteiger partial charge in [0.1, 0.15) is 16.1 Å². The number of hydrogen-bond donors (Lipinski definition) is 0. The van der Waals surface area contributed by atoms with Crippen molar-refractivity contribution in [2.75, 3.05) is 0 Å². The summed E-state index contributed by atoms with van der Waals surface area (Å²) >= 11 is 0. The Hall–Kier alpha value is -6.02. The van der Waals surface area contributed by atoms with Gasteiger partial charge in [-0.05, 0) is 65.3 Å². The van der Waals surface area contributed by atoms with Gasteiger partial charge in [0, 0.05) is 16.7 Å². The molecule has 0 N–H and O–H groups in total. The Morgan fingerprint density at radius 1 is 0.278 bits per heavy atom. The van der Waals surface area contributed by atoms with E-state index in [4.69, 9.17) is 15.0 Å². The first kappa shape index (κ1) is 32.6. The highest BCUT2D eigenvalue weighted by Crippen LogP contribution is 2.45. The van der Waals surface area contributed by atoms with E-state index < -0.39 is 16.1 Å². The lowest BCUT2D eigenvalue weighted by atomic mass is 9.90. The fourth-order valence-corrected chi connectivity index (χ4v) is 15.2. The van der Waals surface area contributed by atoms with Crippen molar-refractivity contribution in [3.63, 3.8) is 0 Å². The van der Waals surface area contributed by atoms with Crippen molar-refractivity contribution in [3.05, 3.63) is 164 Å². The summed E-state index contributed by atoms with van der Waals surface area (Å²) in [5, 5.41) is 5.77. The molecular weight excluding hydrogens is 687 g/mol. The van der Waals surface area contributed by atoms with Gasteiger partial charge in [-0.15, -0.1) is 0 Å². The first-order chi connectivity index (χ1) is 26.3. The summed E-state index contributed by atoms with van der Waals surface area (Å²) in [6.07, 6.45) is 0. The Morgan fingerprint density at radius 3 is 1.06 bits per heavy atom. The molecule has 7 aromatic carbocycles. The van der Waals surface area contributed by atoms with Crippen LogP contribution in [-0.4, -0.2) is 31.1 Å². The second-order valence-electron chi connectivity index (χ2n) is 15.6. The van der Waals surface area contributed by atoms with Gasteiger partial charge in [0.2, 0.25) is 0 Å². The summed E-state index contributed by atoms with van der Waals surface area (Å²) in [6.45, 7) is 9.89. The van der Waals surface area contributed by atoms with Gasteiger partial charge in [0.05, 0.1) is 0 Å². The van der Waals surface area contributed by atoms with Crippen LogP contribution in [0.1, 0.15) is 0 Å². The van der Waals surface area contributed by atoms with Gasteiger partial charge in [-0.1, -0.05) is 190 Å². The second-order valence-corrected chi connectivity index (χ2v) is 24.2. The lowest BCUT2D eigenvalue weighted by Crippen LogP contribution is -2.49.